The molecule has 0 unspecified atom stereocenters. The minimum absolute atomic E-state index is 0.0885. The quantitative estimate of drug-likeness (QED) is 0.219. The van der Waals surface area contributed by atoms with Crippen LogP contribution in [-0.2, 0) is 22.4 Å². The largest absolute Gasteiger partial charge is 0.356 e. The minimum Gasteiger partial charge on any atom is -0.356 e. The normalized spacial score (nSPS) is 11.0. The number of hydrogen-bond acceptors (Lipinski definition) is 2. The molecule has 2 amide bonds. The monoisotopic (exact) mass is 480 g/mol. The third kappa shape index (κ3) is 7.42. The molecule has 4 heteroatoms. The number of unbranched alkanes of at least 4 members (excludes halogenated alkanes) is 5. The maximum absolute atomic E-state index is 12.4. The van der Waals surface area contributed by atoms with Gasteiger partial charge >= 0.3 is 0 Å². The summed E-state index contributed by atoms with van der Waals surface area (Å²) in [6.07, 6.45) is 7.39. The Morgan fingerprint density at radius 3 is 1.33 bits per heavy atom. The first kappa shape index (κ1) is 25.4. The second-order valence-electron chi connectivity index (χ2n) is 9.45. The lowest BCUT2D eigenvalue weighted by Gasteiger charge is -2.09. The zero-order valence-corrected chi connectivity index (χ0v) is 21.0. The lowest BCUT2D eigenvalue weighted by Crippen LogP contribution is -2.26. The topological polar surface area (TPSA) is 58.2 Å². The fraction of sp³-hybridized carbons (Fsp3) is 0.312. The Morgan fingerprint density at radius 1 is 0.472 bits per heavy atom. The third-order valence-electron chi connectivity index (χ3n) is 6.71. The van der Waals surface area contributed by atoms with Gasteiger partial charge in [0.15, 0.2) is 0 Å². The molecule has 0 spiro atoms. The van der Waals surface area contributed by atoms with Gasteiger partial charge in [0.2, 0.25) is 11.8 Å². The Bertz CT molecular complexity index is 1190. The molecule has 4 aromatic carbocycles. The maximum atomic E-state index is 12.4. The van der Waals surface area contributed by atoms with E-state index in [1.54, 1.807) is 0 Å². The van der Waals surface area contributed by atoms with Crippen LogP contribution in [-0.4, -0.2) is 24.9 Å². The highest BCUT2D eigenvalue weighted by Crippen LogP contribution is 2.20. The van der Waals surface area contributed by atoms with Crippen LogP contribution in [0.2, 0.25) is 0 Å². The van der Waals surface area contributed by atoms with Gasteiger partial charge in [-0.15, -0.1) is 0 Å². The van der Waals surface area contributed by atoms with Crippen molar-refractivity contribution < 1.29 is 9.59 Å². The molecule has 36 heavy (non-hydrogen) atoms. The highest BCUT2D eigenvalue weighted by Gasteiger charge is 2.07. The zero-order chi connectivity index (χ0) is 25.0. The third-order valence-corrected chi connectivity index (χ3v) is 6.71. The van der Waals surface area contributed by atoms with Gasteiger partial charge in [-0.3, -0.25) is 9.59 Å². The molecule has 0 radical (unpaired) electrons. The van der Waals surface area contributed by atoms with Gasteiger partial charge in [-0.25, -0.2) is 0 Å². The molecular formula is C32H36N2O2. The number of fused-ring (bicyclic) bond motifs is 2. The van der Waals surface area contributed by atoms with Gasteiger partial charge in [0, 0.05) is 13.1 Å². The molecule has 186 valence electrons. The number of hydrogen-bond donors (Lipinski definition) is 2. The minimum atomic E-state index is 0.0885. The molecule has 4 rings (SSSR count). The van der Waals surface area contributed by atoms with Crippen molar-refractivity contribution in [3.63, 3.8) is 0 Å². The fourth-order valence-corrected chi connectivity index (χ4v) is 4.78. The standard InChI is InChI=1S/C32H36N2O2/c35-31(23-27-17-11-15-25-13-5-7-19-29(25)27)33-21-9-3-1-2-4-10-22-34-32(36)24-28-18-12-16-26-14-6-8-20-30(26)28/h5-8,11-20H,1-4,9-10,21-24H2,(H,33,35)(H,34,36). The van der Waals surface area contributed by atoms with Gasteiger partial charge in [-0.2, -0.15) is 0 Å². The van der Waals surface area contributed by atoms with Crippen LogP contribution in [0.5, 0.6) is 0 Å². The van der Waals surface area contributed by atoms with Crippen molar-refractivity contribution in [1.82, 2.24) is 10.6 Å². The summed E-state index contributed by atoms with van der Waals surface area (Å²) < 4.78 is 0. The smallest absolute Gasteiger partial charge is 0.224 e. The van der Waals surface area contributed by atoms with Gasteiger partial charge in [-0.05, 0) is 45.5 Å². The summed E-state index contributed by atoms with van der Waals surface area (Å²) >= 11 is 0. The Morgan fingerprint density at radius 2 is 0.861 bits per heavy atom. The summed E-state index contributed by atoms with van der Waals surface area (Å²) in [5.41, 5.74) is 2.16. The summed E-state index contributed by atoms with van der Waals surface area (Å²) in [4.78, 5) is 24.7. The van der Waals surface area contributed by atoms with E-state index in [1.165, 1.54) is 10.8 Å². The van der Waals surface area contributed by atoms with Crippen molar-refractivity contribution in [3.05, 3.63) is 96.1 Å². The number of carbonyl (C=O) groups is 2. The number of amides is 2. The van der Waals surface area contributed by atoms with Crippen molar-refractivity contribution >= 4 is 33.4 Å². The molecule has 0 fully saturated rings. The number of rotatable bonds is 13. The van der Waals surface area contributed by atoms with E-state index in [2.05, 4.69) is 47.0 Å². The molecule has 0 atom stereocenters. The van der Waals surface area contributed by atoms with Gasteiger partial charge < -0.3 is 10.6 Å². The maximum Gasteiger partial charge on any atom is 0.224 e. The molecule has 0 aliphatic rings. The Labute approximate surface area is 214 Å². The molecule has 4 aromatic rings. The van der Waals surface area contributed by atoms with E-state index < -0.39 is 0 Å². The predicted octanol–water partition coefficient (Wildman–Crippen LogP) is 6.35. The molecular weight excluding hydrogens is 444 g/mol. The van der Waals surface area contributed by atoms with Crippen molar-refractivity contribution in [3.8, 4) is 0 Å². The Balaban J connectivity index is 1.03. The molecule has 0 heterocycles. The van der Waals surface area contributed by atoms with Gasteiger partial charge in [-0.1, -0.05) is 111 Å². The Hall–Kier alpha value is -3.66. The van der Waals surface area contributed by atoms with Crippen LogP contribution in [0.15, 0.2) is 84.9 Å². The van der Waals surface area contributed by atoms with Gasteiger partial charge in [0.1, 0.15) is 0 Å². The van der Waals surface area contributed by atoms with Crippen LogP contribution < -0.4 is 10.6 Å². The van der Waals surface area contributed by atoms with Crippen molar-refractivity contribution in [2.45, 2.75) is 51.4 Å². The van der Waals surface area contributed by atoms with Gasteiger partial charge in [0.25, 0.3) is 0 Å². The lowest BCUT2D eigenvalue weighted by atomic mass is 10.0. The summed E-state index contributed by atoms with van der Waals surface area (Å²) in [7, 11) is 0. The van der Waals surface area contributed by atoms with E-state index in [9.17, 15) is 9.59 Å². The molecule has 0 aliphatic heterocycles. The number of carbonyl (C=O) groups excluding carboxylic acids is 2. The van der Waals surface area contributed by atoms with Crippen molar-refractivity contribution in [2.75, 3.05) is 13.1 Å². The first-order chi connectivity index (χ1) is 17.7. The SMILES string of the molecule is O=C(Cc1cccc2ccccc12)NCCCCCCCCNC(=O)Cc1cccc2ccccc12. The molecule has 4 nitrogen and oxygen atoms in total. The van der Waals surface area contributed by atoms with E-state index in [0.717, 1.165) is 73.5 Å². The average molecular weight is 481 g/mol. The fourth-order valence-electron chi connectivity index (χ4n) is 4.78. The Kier molecular flexibility index (Phi) is 9.49. The van der Waals surface area contributed by atoms with E-state index in [1.807, 2.05) is 48.5 Å². The van der Waals surface area contributed by atoms with Crippen molar-refractivity contribution in [1.29, 1.82) is 0 Å². The first-order valence-electron chi connectivity index (χ1n) is 13.2. The highest BCUT2D eigenvalue weighted by atomic mass is 16.2. The second-order valence-corrected chi connectivity index (χ2v) is 9.45. The van der Waals surface area contributed by atoms with E-state index in [4.69, 9.17) is 0 Å². The summed E-state index contributed by atoms with van der Waals surface area (Å²) in [6.45, 7) is 1.46. The van der Waals surface area contributed by atoms with E-state index >= 15 is 0 Å². The summed E-state index contributed by atoms with van der Waals surface area (Å²) in [5.74, 6) is 0.177. The van der Waals surface area contributed by atoms with Crippen LogP contribution >= 0.6 is 0 Å². The predicted molar refractivity (Wildman–Crippen MR) is 149 cm³/mol. The van der Waals surface area contributed by atoms with Crippen molar-refractivity contribution in [2.24, 2.45) is 0 Å². The highest BCUT2D eigenvalue weighted by molar-refractivity contribution is 5.91. The zero-order valence-electron chi connectivity index (χ0n) is 21.0. The average Bonchev–Trinajstić information content (AvgIpc) is 2.90. The lowest BCUT2D eigenvalue weighted by molar-refractivity contribution is -0.121. The summed E-state index contributed by atoms with van der Waals surface area (Å²) in [5, 5.41) is 10.8. The van der Waals surface area contributed by atoms with E-state index in [0.29, 0.717) is 12.8 Å². The number of nitrogens with one attached hydrogen (secondary N) is 2. The number of benzene rings is 4. The molecule has 0 saturated heterocycles. The van der Waals surface area contributed by atoms with Crippen LogP contribution in [0.4, 0.5) is 0 Å². The molecule has 0 aromatic heterocycles. The van der Waals surface area contributed by atoms with Crippen LogP contribution in [0, 0.1) is 0 Å². The van der Waals surface area contributed by atoms with Crippen LogP contribution in [0.1, 0.15) is 49.7 Å². The molecule has 0 aliphatic carbocycles. The van der Waals surface area contributed by atoms with E-state index in [-0.39, 0.29) is 11.8 Å². The molecule has 2 N–H and O–H groups in total. The second kappa shape index (κ2) is 13.4. The summed E-state index contributed by atoms with van der Waals surface area (Å²) in [6, 6.07) is 28.7. The van der Waals surface area contributed by atoms with Crippen LogP contribution in [0.25, 0.3) is 21.5 Å². The molecule has 0 bridgehead atoms. The van der Waals surface area contributed by atoms with Gasteiger partial charge in [0.05, 0.1) is 12.8 Å². The van der Waals surface area contributed by atoms with Crippen LogP contribution in [0.3, 0.4) is 0 Å². The molecule has 0 saturated carbocycles. The first-order valence-corrected chi connectivity index (χ1v) is 13.2.